The Balaban J connectivity index is 1.73. The monoisotopic (exact) mass is 210 g/mol. The van der Waals surface area contributed by atoms with Gasteiger partial charge < -0.3 is 5.32 Å². The van der Waals surface area contributed by atoms with E-state index in [1.165, 1.54) is 77.0 Å². The summed E-state index contributed by atoms with van der Waals surface area (Å²) < 4.78 is 0. The van der Waals surface area contributed by atoms with Crippen LogP contribution in [0.2, 0.25) is 0 Å². The lowest BCUT2D eigenvalue weighted by Crippen LogP contribution is -2.94. The molecule has 88 valence electrons. The SMILES string of the molecule is C1CCCC([NH2+]C2CCCCCC2)CC1. The molecule has 2 N–H and O–H groups in total. The summed E-state index contributed by atoms with van der Waals surface area (Å²) in [6.45, 7) is 0. The highest BCUT2D eigenvalue weighted by atomic mass is 14.9. The molecule has 0 spiro atoms. The molecule has 0 aromatic heterocycles. The van der Waals surface area contributed by atoms with Crippen LogP contribution in [-0.4, -0.2) is 12.1 Å². The van der Waals surface area contributed by atoms with Crippen molar-refractivity contribution in [3.63, 3.8) is 0 Å². The highest BCUT2D eigenvalue weighted by Crippen LogP contribution is 2.18. The third-order valence-corrected chi connectivity index (χ3v) is 4.34. The van der Waals surface area contributed by atoms with Gasteiger partial charge in [0.15, 0.2) is 0 Å². The van der Waals surface area contributed by atoms with Crippen molar-refractivity contribution in [2.45, 2.75) is 89.1 Å². The quantitative estimate of drug-likeness (QED) is 0.675. The van der Waals surface area contributed by atoms with Crippen molar-refractivity contribution in [1.82, 2.24) is 0 Å². The van der Waals surface area contributed by atoms with Gasteiger partial charge in [0.25, 0.3) is 0 Å². The molecule has 2 saturated carbocycles. The maximum absolute atomic E-state index is 2.76. The van der Waals surface area contributed by atoms with Crippen molar-refractivity contribution in [2.24, 2.45) is 0 Å². The first-order valence-electron chi connectivity index (χ1n) is 7.30. The number of hydrogen-bond donors (Lipinski definition) is 1. The van der Waals surface area contributed by atoms with E-state index in [2.05, 4.69) is 5.32 Å². The first-order chi connectivity index (χ1) is 7.45. The van der Waals surface area contributed by atoms with Gasteiger partial charge >= 0.3 is 0 Å². The molecule has 1 nitrogen and oxygen atoms in total. The average molecular weight is 210 g/mol. The summed E-state index contributed by atoms with van der Waals surface area (Å²) in [5, 5.41) is 2.76. The van der Waals surface area contributed by atoms with Gasteiger partial charge in [-0.25, -0.2) is 0 Å². The Kier molecular flexibility index (Phi) is 4.98. The molecule has 0 heterocycles. The minimum Gasteiger partial charge on any atom is -0.341 e. The highest BCUT2D eigenvalue weighted by molar-refractivity contribution is 4.65. The zero-order valence-corrected chi connectivity index (χ0v) is 10.2. The van der Waals surface area contributed by atoms with Crippen LogP contribution < -0.4 is 5.32 Å². The van der Waals surface area contributed by atoms with Gasteiger partial charge in [0.1, 0.15) is 0 Å². The molecule has 0 atom stereocenters. The topological polar surface area (TPSA) is 16.6 Å². The molecular formula is C14H28N+. The van der Waals surface area contributed by atoms with Crippen LogP contribution in [0.15, 0.2) is 0 Å². The van der Waals surface area contributed by atoms with Crippen molar-refractivity contribution in [3.8, 4) is 0 Å². The summed E-state index contributed by atoms with van der Waals surface area (Å²) in [5.74, 6) is 0. The number of hydrogen-bond acceptors (Lipinski definition) is 0. The number of quaternary nitrogens is 1. The van der Waals surface area contributed by atoms with E-state index in [9.17, 15) is 0 Å². The van der Waals surface area contributed by atoms with Crippen molar-refractivity contribution in [2.75, 3.05) is 0 Å². The van der Waals surface area contributed by atoms with Crippen LogP contribution in [0.1, 0.15) is 77.0 Å². The minimum atomic E-state index is 0.982. The zero-order chi connectivity index (χ0) is 10.3. The maximum atomic E-state index is 2.76. The third kappa shape index (κ3) is 4.14. The minimum absolute atomic E-state index is 0.982. The maximum Gasteiger partial charge on any atom is 0.0861 e. The molecule has 0 aliphatic heterocycles. The number of rotatable bonds is 2. The van der Waals surface area contributed by atoms with Crippen LogP contribution in [0.5, 0.6) is 0 Å². The lowest BCUT2D eigenvalue weighted by Gasteiger charge is -2.20. The molecule has 0 aromatic rings. The average Bonchev–Trinajstić information content (AvgIpc) is 2.63. The van der Waals surface area contributed by atoms with Gasteiger partial charge in [-0.05, 0) is 51.4 Å². The Hall–Kier alpha value is -0.0400. The molecular weight excluding hydrogens is 182 g/mol. The van der Waals surface area contributed by atoms with Gasteiger partial charge in [0.05, 0.1) is 12.1 Å². The van der Waals surface area contributed by atoms with Crippen LogP contribution in [-0.2, 0) is 0 Å². The molecule has 0 amide bonds. The summed E-state index contributed by atoms with van der Waals surface area (Å²) in [6, 6.07) is 1.96. The first kappa shape index (κ1) is 11.4. The van der Waals surface area contributed by atoms with Crippen molar-refractivity contribution in [1.29, 1.82) is 0 Å². The van der Waals surface area contributed by atoms with E-state index in [0.29, 0.717) is 0 Å². The molecule has 2 aliphatic carbocycles. The van der Waals surface area contributed by atoms with E-state index in [-0.39, 0.29) is 0 Å². The second kappa shape index (κ2) is 6.52. The van der Waals surface area contributed by atoms with Crippen LogP contribution in [0.3, 0.4) is 0 Å². The van der Waals surface area contributed by atoms with Crippen LogP contribution >= 0.6 is 0 Å². The predicted octanol–water partition coefficient (Wildman–Crippen LogP) is 3.00. The van der Waals surface area contributed by atoms with Gasteiger partial charge in [0, 0.05) is 0 Å². The van der Waals surface area contributed by atoms with Crippen molar-refractivity contribution >= 4 is 0 Å². The Labute approximate surface area is 95.0 Å². The fourth-order valence-electron chi connectivity index (χ4n) is 3.39. The summed E-state index contributed by atoms with van der Waals surface area (Å²) >= 11 is 0. The van der Waals surface area contributed by atoms with Gasteiger partial charge in [-0.15, -0.1) is 0 Å². The second-order valence-electron chi connectivity index (χ2n) is 5.70. The molecule has 0 bridgehead atoms. The molecule has 0 saturated heterocycles. The first-order valence-corrected chi connectivity index (χ1v) is 7.30. The second-order valence-corrected chi connectivity index (χ2v) is 5.70. The summed E-state index contributed by atoms with van der Waals surface area (Å²) in [5.41, 5.74) is 0. The van der Waals surface area contributed by atoms with Gasteiger partial charge in [-0.3, -0.25) is 0 Å². The van der Waals surface area contributed by atoms with Gasteiger partial charge in [0.2, 0.25) is 0 Å². The Morgan fingerprint density at radius 3 is 1.13 bits per heavy atom. The Morgan fingerprint density at radius 1 is 0.467 bits per heavy atom. The Bertz CT molecular complexity index is 133. The van der Waals surface area contributed by atoms with E-state index < -0.39 is 0 Å². The molecule has 2 fully saturated rings. The van der Waals surface area contributed by atoms with E-state index in [1.807, 2.05) is 0 Å². The highest BCUT2D eigenvalue weighted by Gasteiger charge is 2.21. The fraction of sp³-hybridized carbons (Fsp3) is 1.00. The van der Waals surface area contributed by atoms with E-state index in [1.54, 1.807) is 0 Å². The van der Waals surface area contributed by atoms with Crippen LogP contribution in [0, 0.1) is 0 Å². The Morgan fingerprint density at radius 2 is 0.800 bits per heavy atom. The predicted molar refractivity (Wildman–Crippen MR) is 64.9 cm³/mol. The number of nitrogens with two attached hydrogens (primary N) is 1. The third-order valence-electron chi connectivity index (χ3n) is 4.34. The molecule has 2 aliphatic rings. The summed E-state index contributed by atoms with van der Waals surface area (Å²) in [7, 11) is 0. The molecule has 2 rings (SSSR count). The summed E-state index contributed by atoms with van der Waals surface area (Å²) in [4.78, 5) is 0. The van der Waals surface area contributed by atoms with Gasteiger partial charge in [-0.2, -0.15) is 0 Å². The normalized spacial score (nSPS) is 27.2. The molecule has 15 heavy (non-hydrogen) atoms. The molecule has 0 radical (unpaired) electrons. The smallest absolute Gasteiger partial charge is 0.0861 e. The molecule has 0 aromatic carbocycles. The summed E-state index contributed by atoms with van der Waals surface area (Å²) in [6.07, 6.45) is 17.9. The largest absolute Gasteiger partial charge is 0.341 e. The van der Waals surface area contributed by atoms with E-state index in [0.717, 1.165) is 12.1 Å². The standard InChI is InChI=1S/C14H27N/c1-2-6-10-13(9-5-1)15-14-11-7-3-4-8-12-14/h13-15H,1-12H2/p+1. The lowest BCUT2D eigenvalue weighted by atomic mass is 10.0. The van der Waals surface area contributed by atoms with Gasteiger partial charge in [-0.1, -0.05) is 25.7 Å². The lowest BCUT2D eigenvalue weighted by molar-refractivity contribution is -0.723. The van der Waals surface area contributed by atoms with Crippen molar-refractivity contribution < 1.29 is 5.32 Å². The molecule has 0 unspecified atom stereocenters. The van der Waals surface area contributed by atoms with Crippen LogP contribution in [0.25, 0.3) is 0 Å². The van der Waals surface area contributed by atoms with Crippen molar-refractivity contribution in [3.05, 3.63) is 0 Å². The zero-order valence-electron chi connectivity index (χ0n) is 10.2. The van der Waals surface area contributed by atoms with Crippen LogP contribution in [0.4, 0.5) is 0 Å². The van der Waals surface area contributed by atoms with E-state index in [4.69, 9.17) is 0 Å². The molecule has 1 heteroatoms. The fourth-order valence-corrected chi connectivity index (χ4v) is 3.39. The van der Waals surface area contributed by atoms with E-state index >= 15 is 0 Å².